The van der Waals surface area contributed by atoms with Crippen LogP contribution >= 0.6 is 0 Å². The van der Waals surface area contributed by atoms with Gasteiger partial charge in [0.2, 0.25) is 0 Å². The number of benzene rings is 1. The number of anilines is 1. The molecule has 0 saturated carbocycles. The first-order chi connectivity index (χ1) is 8.19. The average Bonchev–Trinajstić information content (AvgIpc) is 2.34. The van der Waals surface area contributed by atoms with Gasteiger partial charge in [-0.25, -0.2) is 0 Å². The Hall–Kier alpha value is -1.82. The van der Waals surface area contributed by atoms with Gasteiger partial charge in [0.25, 0.3) is 0 Å². The van der Waals surface area contributed by atoms with E-state index in [0.717, 1.165) is 25.1 Å². The Morgan fingerprint density at radius 2 is 2.24 bits per heavy atom. The predicted octanol–water partition coefficient (Wildman–Crippen LogP) is 1.75. The third-order valence-electron chi connectivity index (χ3n) is 2.34. The lowest BCUT2D eigenvalue weighted by Crippen LogP contribution is -2.06. The Morgan fingerprint density at radius 3 is 2.82 bits per heavy atom. The van der Waals surface area contributed by atoms with E-state index in [1.54, 1.807) is 12.1 Å². The molecule has 0 radical (unpaired) electrons. The minimum absolute atomic E-state index is 0.0278. The van der Waals surface area contributed by atoms with Crippen molar-refractivity contribution in [1.82, 2.24) is 0 Å². The molecule has 0 spiro atoms. The maximum atomic E-state index is 10.7. The van der Waals surface area contributed by atoms with Gasteiger partial charge in [0.05, 0.1) is 12.0 Å². The van der Waals surface area contributed by atoms with E-state index in [-0.39, 0.29) is 11.4 Å². The number of ether oxygens (including phenoxy) is 1. The normalized spacial score (nSPS) is 10.0. The zero-order chi connectivity index (χ0) is 12.7. The number of nitro groups is 1. The maximum absolute atomic E-state index is 10.7. The second-order valence-corrected chi connectivity index (χ2v) is 3.57. The van der Waals surface area contributed by atoms with Gasteiger partial charge < -0.3 is 15.8 Å². The molecule has 0 fully saturated rings. The van der Waals surface area contributed by atoms with E-state index in [2.05, 4.69) is 5.32 Å². The fourth-order valence-electron chi connectivity index (χ4n) is 1.44. The lowest BCUT2D eigenvalue weighted by molar-refractivity contribution is -0.385. The summed E-state index contributed by atoms with van der Waals surface area (Å²) in [6.07, 6.45) is 1.92. The van der Waals surface area contributed by atoms with Crippen LogP contribution in [0.1, 0.15) is 12.8 Å². The van der Waals surface area contributed by atoms with E-state index >= 15 is 0 Å². The average molecular weight is 239 g/mol. The van der Waals surface area contributed by atoms with Crippen LogP contribution < -0.4 is 15.8 Å². The Bertz CT molecular complexity index is 382. The van der Waals surface area contributed by atoms with Gasteiger partial charge in [-0.3, -0.25) is 10.1 Å². The lowest BCUT2D eigenvalue weighted by Gasteiger charge is -2.08. The zero-order valence-electron chi connectivity index (χ0n) is 9.81. The molecular formula is C11H17N3O3. The molecule has 0 unspecified atom stereocenters. The van der Waals surface area contributed by atoms with E-state index in [4.69, 9.17) is 10.5 Å². The van der Waals surface area contributed by atoms with Crippen LogP contribution in [0.25, 0.3) is 0 Å². The number of hydrogen-bond donors (Lipinski definition) is 2. The molecule has 0 aliphatic carbocycles. The van der Waals surface area contributed by atoms with Gasteiger partial charge in [-0.05, 0) is 25.5 Å². The number of unbranched alkanes of at least 4 members (excludes halogenated alkanes) is 1. The highest BCUT2D eigenvalue weighted by Gasteiger charge is 2.14. The number of nitrogens with zero attached hydrogens (tertiary/aromatic N) is 1. The van der Waals surface area contributed by atoms with Gasteiger partial charge >= 0.3 is 5.69 Å². The molecule has 1 aromatic rings. The molecule has 0 aliphatic heterocycles. The molecule has 0 bridgehead atoms. The molecular weight excluding hydrogens is 222 g/mol. The second kappa shape index (κ2) is 6.70. The van der Waals surface area contributed by atoms with Crippen molar-refractivity contribution in [3.05, 3.63) is 28.3 Å². The Morgan fingerprint density at radius 1 is 1.47 bits per heavy atom. The topological polar surface area (TPSA) is 90.4 Å². The molecule has 0 amide bonds. The van der Waals surface area contributed by atoms with Crippen LogP contribution in [0, 0.1) is 10.1 Å². The molecule has 3 N–H and O–H groups in total. The van der Waals surface area contributed by atoms with E-state index in [9.17, 15) is 10.1 Å². The third-order valence-corrected chi connectivity index (χ3v) is 2.34. The minimum atomic E-state index is -0.461. The minimum Gasteiger partial charge on any atom is -0.490 e. The molecule has 6 nitrogen and oxygen atoms in total. The third kappa shape index (κ3) is 3.92. The number of rotatable bonds is 7. The first-order valence-corrected chi connectivity index (χ1v) is 5.45. The summed E-state index contributed by atoms with van der Waals surface area (Å²) in [4.78, 5) is 10.2. The lowest BCUT2D eigenvalue weighted by atomic mass is 10.2. The summed E-state index contributed by atoms with van der Waals surface area (Å²) >= 11 is 0. The van der Waals surface area contributed by atoms with E-state index < -0.39 is 4.92 Å². The van der Waals surface area contributed by atoms with Gasteiger partial charge in [-0.15, -0.1) is 0 Å². The predicted molar refractivity (Wildman–Crippen MR) is 66.4 cm³/mol. The van der Waals surface area contributed by atoms with Crippen LogP contribution in [-0.4, -0.2) is 25.1 Å². The first-order valence-electron chi connectivity index (χ1n) is 5.45. The van der Waals surface area contributed by atoms with Crippen LogP contribution in [0.5, 0.6) is 5.75 Å². The van der Waals surface area contributed by atoms with Crippen LogP contribution in [0.3, 0.4) is 0 Å². The molecule has 17 heavy (non-hydrogen) atoms. The molecule has 0 atom stereocenters. The van der Waals surface area contributed by atoms with E-state index in [1.165, 1.54) is 13.2 Å². The molecule has 6 heteroatoms. The summed E-state index contributed by atoms with van der Waals surface area (Å²) in [5.74, 6) is 0.263. The van der Waals surface area contributed by atoms with Crippen molar-refractivity contribution in [2.75, 3.05) is 25.5 Å². The molecule has 94 valence electrons. The standard InChI is InChI=1S/C11H17N3O3/c1-17-11-8-9(13-7-3-2-6-12)4-5-10(11)14(15)16/h4-5,8,13H,2-3,6-7,12H2,1H3. The summed E-state index contributed by atoms with van der Waals surface area (Å²) < 4.78 is 4.97. The SMILES string of the molecule is COc1cc(NCCCCN)ccc1[N+](=O)[O-]. The summed E-state index contributed by atoms with van der Waals surface area (Å²) in [6.45, 7) is 1.46. The van der Waals surface area contributed by atoms with Crippen LogP contribution in [-0.2, 0) is 0 Å². The highest BCUT2D eigenvalue weighted by molar-refractivity contribution is 5.57. The maximum Gasteiger partial charge on any atom is 0.311 e. The summed E-state index contributed by atoms with van der Waals surface area (Å²) in [5.41, 5.74) is 6.17. The summed E-state index contributed by atoms with van der Waals surface area (Å²) in [5, 5.41) is 13.8. The molecule has 1 aromatic carbocycles. The molecule has 0 aliphatic rings. The molecule has 0 saturated heterocycles. The number of methoxy groups -OCH3 is 1. The van der Waals surface area contributed by atoms with Crippen molar-refractivity contribution >= 4 is 11.4 Å². The highest BCUT2D eigenvalue weighted by atomic mass is 16.6. The van der Waals surface area contributed by atoms with Crippen molar-refractivity contribution in [3.63, 3.8) is 0 Å². The second-order valence-electron chi connectivity index (χ2n) is 3.57. The fraction of sp³-hybridized carbons (Fsp3) is 0.455. The van der Waals surface area contributed by atoms with Crippen LogP contribution in [0.15, 0.2) is 18.2 Å². The van der Waals surface area contributed by atoms with Crippen molar-refractivity contribution < 1.29 is 9.66 Å². The number of nitrogens with one attached hydrogen (secondary N) is 1. The van der Waals surface area contributed by atoms with Crippen LogP contribution in [0.4, 0.5) is 11.4 Å². The molecule has 1 rings (SSSR count). The van der Waals surface area contributed by atoms with Crippen molar-refractivity contribution in [1.29, 1.82) is 0 Å². The number of nitro benzene ring substituents is 1. The fourth-order valence-corrected chi connectivity index (χ4v) is 1.44. The van der Waals surface area contributed by atoms with Crippen molar-refractivity contribution in [2.24, 2.45) is 5.73 Å². The highest BCUT2D eigenvalue weighted by Crippen LogP contribution is 2.29. The van der Waals surface area contributed by atoms with Crippen molar-refractivity contribution in [3.8, 4) is 5.75 Å². The first kappa shape index (κ1) is 13.2. The molecule has 0 aromatic heterocycles. The summed E-state index contributed by atoms with van der Waals surface area (Å²) in [6, 6.07) is 4.73. The van der Waals surface area contributed by atoms with Gasteiger partial charge in [0.1, 0.15) is 0 Å². The van der Waals surface area contributed by atoms with Crippen LogP contribution in [0.2, 0.25) is 0 Å². The quantitative estimate of drug-likeness (QED) is 0.430. The number of nitrogens with two attached hydrogens (primary N) is 1. The zero-order valence-corrected chi connectivity index (χ0v) is 9.81. The molecule has 0 heterocycles. The van der Waals surface area contributed by atoms with Gasteiger partial charge in [-0.1, -0.05) is 0 Å². The number of hydrogen-bond acceptors (Lipinski definition) is 5. The van der Waals surface area contributed by atoms with Gasteiger partial charge in [0.15, 0.2) is 5.75 Å². The Balaban J connectivity index is 2.66. The van der Waals surface area contributed by atoms with Gasteiger partial charge in [0, 0.05) is 24.4 Å². The monoisotopic (exact) mass is 239 g/mol. The summed E-state index contributed by atoms with van der Waals surface area (Å²) in [7, 11) is 1.42. The van der Waals surface area contributed by atoms with E-state index in [0.29, 0.717) is 6.54 Å². The van der Waals surface area contributed by atoms with E-state index in [1.807, 2.05) is 0 Å². The van der Waals surface area contributed by atoms with Gasteiger partial charge in [-0.2, -0.15) is 0 Å². The van der Waals surface area contributed by atoms with Crippen molar-refractivity contribution in [2.45, 2.75) is 12.8 Å². The Labute approximate surface area is 99.9 Å². The largest absolute Gasteiger partial charge is 0.490 e. The Kier molecular flexibility index (Phi) is 5.22. The smallest absolute Gasteiger partial charge is 0.311 e.